The Kier molecular flexibility index (Phi) is 6.33. The molecule has 0 unspecified atom stereocenters. The van der Waals surface area contributed by atoms with Gasteiger partial charge in [0, 0.05) is 24.7 Å². The summed E-state index contributed by atoms with van der Waals surface area (Å²) in [5.41, 5.74) is 0.572. The number of hydrogen-bond acceptors (Lipinski definition) is 7. The quantitative estimate of drug-likeness (QED) is 0.681. The number of benzene rings is 1. The third-order valence-electron chi connectivity index (χ3n) is 4.68. The van der Waals surface area contributed by atoms with Crippen LogP contribution in [0.3, 0.4) is 0 Å². The molecule has 2 heterocycles. The van der Waals surface area contributed by atoms with Crippen LogP contribution in [0.2, 0.25) is 0 Å². The summed E-state index contributed by atoms with van der Waals surface area (Å²) in [5.74, 6) is -0.383. The van der Waals surface area contributed by atoms with E-state index in [0.717, 1.165) is 10.7 Å². The third kappa shape index (κ3) is 4.48. The molecule has 1 fully saturated rings. The number of aryl methyl sites for hydroxylation is 1. The van der Waals surface area contributed by atoms with Crippen molar-refractivity contribution in [3.63, 3.8) is 0 Å². The molecular formula is C19H23N3O6S. The largest absolute Gasteiger partial charge is 0.468 e. The van der Waals surface area contributed by atoms with Gasteiger partial charge in [-0.05, 0) is 43.5 Å². The Hall–Kier alpha value is -2.72. The Morgan fingerprint density at radius 2 is 2.03 bits per heavy atom. The molecule has 29 heavy (non-hydrogen) atoms. The summed E-state index contributed by atoms with van der Waals surface area (Å²) in [7, 11) is -2.61. The standard InChI is InChI=1S/C19H23N3O6S/c1-3-5-14-12-16(21-28-14)18(23)20-13-7-9-15(10-8-13)29(25,26)22-11-4-6-17(22)19(24)27-2/h7-10,12,17H,3-6,11H2,1-2H3,(H,20,23)/t17-/m0/s1. The number of methoxy groups -OCH3 is 1. The molecule has 1 amide bonds. The predicted molar refractivity (Wildman–Crippen MR) is 104 cm³/mol. The Morgan fingerprint density at radius 1 is 1.31 bits per heavy atom. The van der Waals surface area contributed by atoms with Crippen molar-refractivity contribution in [1.29, 1.82) is 0 Å². The molecule has 0 saturated carbocycles. The van der Waals surface area contributed by atoms with Gasteiger partial charge in [0.1, 0.15) is 11.8 Å². The average molecular weight is 421 g/mol. The van der Waals surface area contributed by atoms with Gasteiger partial charge in [0.15, 0.2) is 5.69 Å². The first-order valence-electron chi connectivity index (χ1n) is 9.33. The molecule has 10 heteroatoms. The van der Waals surface area contributed by atoms with E-state index in [1.807, 2.05) is 6.92 Å². The lowest BCUT2D eigenvalue weighted by atomic mass is 10.2. The summed E-state index contributed by atoms with van der Waals surface area (Å²) in [6.45, 7) is 2.25. The highest BCUT2D eigenvalue weighted by atomic mass is 32.2. The summed E-state index contributed by atoms with van der Waals surface area (Å²) in [6.07, 6.45) is 2.58. The number of rotatable bonds is 7. The SMILES string of the molecule is CCCc1cc(C(=O)Nc2ccc(S(=O)(=O)N3CCC[C@H]3C(=O)OC)cc2)no1. The van der Waals surface area contributed by atoms with Crippen LogP contribution < -0.4 is 5.32 Å². The fourth-order valence-electron chi connectivity index (χ4n) is 3.22. The van der Waals surface area contributed by atoms with E-state index in [0.29, 0.717) is 30.7 Å². The van der Waals surface area contributed by atoms with Crippen LogP contribution in [0.5, 0.6) is 0 Å². The Morgan fingerprint density at radius 3 is 2.69 bits per heavy atom. The molecule has 3 rings (SSSR count). The number of carbonyl (C=O) groups is 2. The second-order valence-electron chi connectivity index (χ2n) is 6.70. The van der Waals surface area contributed by atoms with E-state index in [1.54, 1.807) is 6.07 Å². The van der Waals surface area contributed by atoms with E-state index in [4.69, 9.17) is 9.26 Å². The maximum Gasteiger partial charge on any atom is 0.324 e. The lowest BCUT2D eigenvalue weighted by Gasteiger charge is -2.22. The monoisotopic (exact) mass is 421 g/mol. The fraction of sp³-hybridized carbons (Fsp3) is 0.421. The maximum absolute atomic E-state index is 12.9. The van der Waals surface area contributed by atoms with Crippen LogP contribution in [-0.4, -0.2) is 49.5 Å². The Bertz CT molecular complexity index is 984. The number of anilines is 1. The van der Waals surface area contributed by atoms with E-state index < -0.39 is 27.9 Å². The van der Waals surface area contributed by atoms with E-state index in [9.17, 15) is 18.0 Å². The van der Waals surface area contributed by atoms with Gasteiger partial charge in [-0.3, -0.25) is 9.59 Å². The summed E-state index contributed by atoms with van der Waals surface area (Å²) in [4.78, 5) is 24.2. The number of sulfonamides is 1. The maximum atomic E-state index is 12.9. The topological polar surface area (TPSA) is 119 Å². The molecule has 1 aliphatic rings. The Balaban J connectivity index is 1.72. The van der Waals surface area contributed by atoms with Gasteiger partial charge in [0.2, 0.25) is 10.0 Å². The molecule has 0 radical (unpaired) electrons. The minimum Gasteiger partial charge on any atom is -0.468 e. The van der Waals surface area contributed by atoms with Crippen LogP contribution in [0.1, 0.15) is 42.4 Å². The first-order chi connectivity index (χ1) is 13.9. The van der Waals surface area contributed by atoms with Crippen molar-refractivity contribution in [3.8, 4) is 0 Å². The normalized spacial score (nSPS) is 17.2. The van der Waals surface area contributed by atoms with Crippen molar-refractivity contribution >= 4 is 27.6 Å². The van der Waals surface area contributed by atoms with E-state index >= 15 is 0 Å². The first-order valence-corrected chi connectivity index (χ1v) is 10.8. The van der Waals surface area contributed by atoms with E-state index in [1.165, 1.54) is 31.4 Å². The van der Waals surface area contributed by atoms with Crippen LogP contribution in [0.4, 0.5) is 5.69 Å². The van der Waals surface area contributed by atoms with Crippen LogP contribution >= 0.6 is 0 Å². The number of nitrogens with one attached hydrogen (secondary N) is 1. The van der Waals surface area contributed by atoms with Crippen molar-refractivity contribution in [2.24, 2.45) is 0 Å². The number of carbonyl (C=O) groups excluding carboxylic acids is 2. The lowest BCUT2D eigenvalue weighted by Crippen LogP contribution is -2.41. The second-order valence-corrected chi connectivity index (χ2v) is 8.59. The molecule has 1 N–H and O–H groups in total. The van der Waals surface area contributed by atoms with Gasteiger partial charge in [0.05, 0.1) is 12.0 Å². The third-order valence-corrected chi connectivity index (χ3v) is 6.61. The number of ether oxygens (including phenoxy) is 1. The molecular weight excluding hydrogens is 398 g/mol. The van der Waals surface area contributed by atoms with Gasteiger partial charge < -0.3 is 14.6 Å². The molecule has 1 saturated heterocycles. The van der Waals surface area contributed by atoms with Gasteiger partial charge in [-0.2, -0.15) is 4.31 Å². The molecule has 0 bridgehead atoms. The van der Waals surface area contributed by atoms with Crippen LogP contribution in [0.25, 0.3) is 0 Å². The van der Waals surface area contributed by atoms with Crippen LogP contribution in [-0.2, 0) is 26.0 Å². The van der Waals surface area contributed by atoms with Gasteiger partial charge in [0.25, 0.3) is 5.91 Å². The first kappa shape index (κ1) is 21.0. The van der Waals surface area contributed by atoms with Crippen molar-refractivity contribution in [3.05, 3.63) is 41.8 Å². The van der Waals surface area contributed by atoms with Gasteiger partial charge >= 0.3 is 5.97 Å². The minimum absolute atomic E-state index is 0.0398. The number of esters is 1. The Labute approximate surface area is 169 Å². The average Bonchev–Trinajstić information content (AvgIpc) is 3.38. The highest BCUT2D eigenvalue weighted by Gasteiger charge is 2.40. The van der Waals surface area contributed by atoms with E-state index in [2.05, 4.69) is 10.5 Å². The lowest BCUT2D eigenvalue weighted by molar-refractivity contribution is -0.144. The highest BCUT2D eigenvalue weighted by molar-refractivity contribution is 7.89. The number of amides is 1. The van der Waals surface area contributed by atoms with Crippen LogP contribution in [0, 0.1) is 0 Å². The summed E-state index contributed by atoms with van der Waals surface area (Å²) in [5, 5.41) is 6.39. The van der Waals surface area contributed by atoms with Crippen LogP contribution in [0.15, 0.2) is 39.8 Å². The van der Waals surface area contributed by atoms with Gasteiger partial charge in [-0.25, -0.2) is 8.42 Å². The predicted octanol–water partition coefficient (Wildman–Crippen LogP) is 2.21. The zero-order valence-corrected chi connectivity index (χ0v) is 17.1. The summed E-state index contributed by atoms with van der Waals surface area (Å²) >= 11 is 0. The van der Waals surface area contributed by atoms with Crippen molar-refractivity contribution in [1.82, 2.24) is 9.46 Å². The number of nitrogens with zero attached hydrogens (tertiary/aromatic N) is 2. The molecule has 1 atom stereocenters. The minimum atomic E-state index is -3.85. The van der Waals surface area contributed by atoms with Gasteiger partial charge in [-0.1, -0.05) is 12.1 Å². The second kappa shape index (κ2) is 8.75. The molecule has 9 nitrogen and oxygen atoms in total. The smallest absolute Gasteiger partial charge is 0.324 e. The zero-order chi connectivity index (χ0) is 21.0. The molecule has 0 aliphatic carbocycles. The molecule has 1 aromatic heterocycles. The fourth-order valence-corrected chi connectivity index (χ4v) is 4.87. The molecule has 1 aliphatic heterocycles. The molecule has 156 valence electrons. The summed E-state index contributed by atoms with van der Waals surface area (Å²) in [6, 6.07) is 6.53. The molecule has 2 aromatic rings. The van der Waals surface area contributed by atoms with Gasteiger partial charge in [-0.15, -0.1) is 0 Å². The molecule has 0 spiro atoms. The van der Waals surface area contributed by atoms with E-state index in [-0.39, 0.29) is 17.1 Å². The highest BCUT2D eigenvalue weighted by Crippen LogP contribution is 2.27. The van der Waals surface area contributed by atoms with Crippen molar-refractivity contribution < 1.29 is 27.3 Å². The van der Waals surface area contributed by atoms with Crippen molar-refractivity contribution in [2.75, 3.05) is 19.0 Å². The van der Waals surface area contributed by atoms with Crippen molar-refractivity contribution in [2.45, 2.75) is 43.5 Å². The number of hydrogen-bond donors (Lipinski definition) is 1. The summed E-state index contributed by atoms with van der Waals surface area (Å²) < 4.78 is 36.8. The number of aromatic nitrogens is 1. The molecule has 1 aromatic carbocycles. The zero-order valence-electron chi connectivity index (χ0n) is 16.3.